The van der Waals surface area contributed by atoms with Crippen LogP contribution in [0.5, 0.6) is 0 Å². The number of carbonyl (C=O) groups excluding carboxylic acids is 1. The molecule has 1 aliphatic carbocycles. The molecule has 0 heterocycles. The molecule has 0 amide bonds. The molecule has 0 aromatic carbocycles. The van der Waals surface area contributed by atoms with Gasteiger partial charge < -0.3 is 10.1 Å². The van der Waals surface area contributed by atoms with E-state index in [-0.39, 0.29) is 11.6 Å². The van der Waals surface area contributed by atoms with Gasteiger partial charge in [0.15, 0.2) is 0 Å². The van der Waals surface area contributed by atoms with Crippen LogP contribution in [0.3, 0.4) is 0 Å². The van der Waals surface area contributed by atoms with Gasteiger partial charge in [0.2, 0.25) is 0 Å². The molecule has 1 atom stereocenters. The van der Waals surface area contributed by atoms with E-state index < -0.39 is 0 Å². The summed E-state index contributed by atoms with van der Waals surface area (Å²) in [6, 6.07) is 0.521. The van der Waals surface area contributed by atoms with Crippen LogP contribution in [0.1, 0.15) is 66.2 Å². The smallest absolute Gasteiger partial charge is 0.307 e. The van der Waals surface area contributed by atoms with Crippen molar-refractivity contribution in [2.75, 3.05) is 6.54 Å². The topological polar surface area (TPSA) is 38.3 Å². The minimum atomic E-state index is -0.369. The van der Waals surface area contributed by atoms with Crippen LogP contribution < -0.4 is 5.32 Å². The Morgan fingerprint density at radius 2 is 1.89 bits per heavy atom. The van der Waals surface area contributed by atoms with E-state index in [0.717, 1.165) is 12.5 Å². The summed E-state index contributed by atoms with van der Waals surface area (Å²) in [7, 11) is 0. The fraction of sp³-hybridized carbons (Fsp3) is 0.933. The molecule has 0 aromatic rings. The van der Waals surface area contributed by atoms with Gasteiger partial charge in [0.05, 0.1) is 6.42 Å². The summed E-state index contributed by atoms with van der Waals surface area (Å²) in [4.78, 5) is 11.6. The maximum atomic E-state index is 11.6. The lowest BCUT2D eigenvalue weighted by Crippen LogP contribution is -2.36. The van der Waals surface area contributed by atoms with Crippen LogP contribution in [0.4, 0.5) is 0 Å². The van der Waals surface area contributed by atoms with Gasteiger partial charge in [-0.3, -0.25) is 4.79 Å². The minimum Gasteiger partial charge on any atom is -0.460 e. The molecule has 3 heteroatoms. The van der Waals surface area contributed by atoms with Crippen molar-refractivity contribution in [2.24, 2.45) is 5.92 Å². The Hall–Kier alpha value is -0.570. The van der Waals surface area contributed by atoms with Gasteiger partial charge in [-0.25, -0.2) is 0 Å². The van der Waals surface area contributed by atoms with Crippen LogP contribution in [0.2, 0.25) is 0 Å². The fourth-order valence-electron chi connectivity index (χ4n) is 2.60. The molecule has 18 heavy (non-hydrogen) atoms. The maximum absolute atomic E-state index is 11.6. The normalized spacial score (nSPS) is 19.6. The Labute approximate surface area is 112 Å². The van der Waals surface area contributed by atoms with E-state index in [1.165, 1.54) is 32.1 Å². The molecule has 1 fully saturated rings. The first-order valence-corrected chi connectivity index (χ1v) is 7.34. The van der Waals surface area contributed by atoms with E-state index >= 15 is 0 Å². The zero-order chi connectivity index (χ0) is 13.6. The van der Waals surface area contributed by atoms with Crippen LogP contribution in [-0.4, -0.2) is 24.2 Å². The molecule has 1 N–H and O–H groups in total. The molecule has 0 aliphatic heterocycles. The van der Waals surface area contributed by atoms with Crippen LogP contribution in [-0.2, 0) is 9.53 Å². The SMILES string of the molecule is C[C@H](NCCC(=O)OC(C)(C)C)C1CCCCC1. The summed E-state index contributed by atoms with van der Waals surface area (Å²) in [6.45, 7) is 8.69. The summed E-state index contributed by atoms with van der Waals surface area (Å²) in [6.07, 6.45) is 7.25. The zero-order valence-corrected chi connectivity index (χ0v) is 12.4. The highest BCUT2D eigenvalue weighted by molar-refractivity contribution is 5.70. The largest absolute Gasteiger partial charge is 0.460 e. The molecule has 1 saturated carbocycles. The highest BCUT2D eigenvalue weighted by atomic mass is 16.6. The van der Waals surface area contributed by atoms with E-state index in [1.54, 1.807) is 0 Å². The molecule has 1 rings (SSSR count). The molecule has 106 valence electrons. The second kappa shape index (κ2) is 7.13. The van der Waals surface area contributed by atoms with Crippen molar-refractivity contribution in [3.05, 3.63) is 0 Å². The Morgan fingerprint density at radius 1 is 1.28 bits per heavy atom. The molecular formula is C15H29NO2. The average molecular weight is 255 g/mol. The second-order valence-electron chi connectivity index (χ2n) is 6.48. The predicted molar refractivity (Wildman–Crippen MR) is 74.5 cm³/mol. The van der Waals surface area contributed by atoms with Gasteiger partial charge in [-0.15, -0.1) is 0 Å². The number of carbonyl (C=O) groups is 1. The average Bonchev–Trinajstić information content (AvgIpc) is 2.27. The summed E-state index contributed by atoms with van der Waals surface area (Å²) in [5.74, 6) is 0.684. The van der Waals surface area contributed by atoms with Crippen LogP contribution in [0, 0.1) is 5.92 Å². The van der Waals surface area contributed by atoms with Crippen molar-refractivity contribution in [1.29, 1.82) is 0 Å². The highest BCUT2D eigenvalue weighted by Gasteiger charge is 2.20. The summed E-state index contributed by atoms with van der Waals surface area (Å²) in [5.41, 5.74) is -0.369. The predicted octanol–water partition coefficient (Wildman–Crippen LogP) is 3.28. The zero-order valence-electron chi connectivity index (χ0n) is 12.4. The van der Waals surface area contributed by atoms with E-state index in [1.807, 2.05) is 20.8 Å². The van der Waals surface area contributed by atoms with Gasteiger partial charge in [-0.2, -0.15) is 0 Å². The molecule has 1 aliphatic rings. The van der Waals surface area contributed by atoms with Crippen molar-refractivity contribution in [2.45, 2.75) is 77.9 Å². The molecule has 0 spiro atoms. The van der Waals surface area contributed by atoms with E-state index in [9.17, 15) is 4.79 Å². The third-order valence-corrected chi connectivity index (χ3v) is 3.57. The summed E-state index contributed by atoms with van der Waals surface area (Å²) >= 11 is 0. The quantitative estimate of drug-likeness (QED) is 0.766. The molecule has 0 aromatic heterocycles. The van der Waals surface area contributed by atoms with Crippen LogP contribution >= 0.6 is 0 Å². The molecule has 0 radical (unpaired) electrons. The lowest BCUT2D eigenvalue weighted by Gasteiger charge is -2.28. The van der Waals surface area contributed by atoms with Gasteiger partial charge >= 0.3 is 5.97 Å². The first kappa shape index (κ1) is 15.5. The second-order valence-corrected chi connectivity index (χ2v) is 6.48. The fourth-order valence-corrected chi connectivity index (χ4v) is 2.60. The van der Waals surface area contributed by atoms with E-state index in [4.69, 9.17) is 4.74 Å². The van der Waals surface area contributed by atoms with Gasteiger partial charge in [0.25, 0.3) is 0 Å². The Bertz CT molecular complexity index is 252. The lowest BCUT2D eigenvalue weighted by atomic mass is 9.84. The van der Waals surface area contributed by atoms with Crippen LogP contribution in [0.15, 0.2) is 0 Å². The van der Waals surface area contributed by atoms with Crippen molar-refractivity contribution >= 4 is 5.97 Å². The first-order chi connectivity index (χ1) is 8.38. The van der Waals surface area contributed by atoms with Gasteiger partial charge in [0.1, 0.15) is 5.60 Å². The van der Waals surface area contributed by atoms with E-state index in [0.29, 0.717) is 12.5 Å². The monoisotopic (exact) mass is 255 g/mol. The minimum absolute atomic E-state index is 0.106. The van der Waals surface area contributed by atoms with Crippen LogP contribution in [0.25, 0.3) is 0 Å². The number of nitrogens with one attached hydrogen (secondary N) is 1. The number of hydrogen-bond acceptors (Lipinski definition) is 3. The molecule has 0 unspecified atom stereocenters. The lowest BCUT2D eigenvalue weighted by molar-refractivity contribution is -0.154. The van der Waals surface area contributed by atoms with Gasteiger partial charge in [-0.1, -0.05) is 19.3 Å². The van der Waals surface area contributed by atoms with E-state index in [2.05, 4.69) is 12.2 Å². The Morgan fingerprint density at radius 3 is 2.44 bits per heavy atom. The van der Waals surface area contributed by atoms with Crippen molar-refractivity contribution in [3.63, 3.8) is 0 Å². The Balaban J connectivity index is 2.14. The first-order valence-electron chi connectivity index (χ1n) is 7.34. The van der Waals surface area contributed by atoms with Crippen molar-refractivity contribution in [1.82, 2.24) is 5.32 Å². The summed E-state index contributed by atoms with van der Waals surface area (Å²) in [5, 5.41) is 3.47. The standard InChI is InChI=1S/C15H29NO2/c1-12(13-8-6-5-7-9-13)16-11-10-14(17)18-15(2,3)4/h12-13,16H,5-11H2,1-4H3/t12-/m0/s1. The third-order valence-electron chi connectivity index (χ3n) is 3.57. The molecule has 3 nitrogen and oxygen atoms in total. The Kier molecular flexibility index (Phi) is 6.13. The molecule has 0 bridgehead atoms. The number of ether oxygens (including phenoxy) is 1. The van der Waals surface area contributed by atoms with Gasteiger partial charge in [0, 0.05) is 12.6 Å². The molecule has 0 saturated heterocycles. The van der Waals surface area contributed by atoms with Gasteiger partial charge in [-0.05, 0) is 46.5 Å². The number of hydrogen-bond donors (Lipinski definition) is 1. The third kappa shape index (κ3) is 6.39. The van der Waals surface area contributed by atoms with Crippen molar-refractivity contribution < 1.29 is 9.53 Å². The summed E-state index contributed by atoms with van der Waals surface area (Å²) < 4.78 is 5.29. The number of rotatable bonds is 5. The maximum Gasteiger partial charge on any atom is 0.307 e. The molecular weight excluding hydrogens is 226 g/mol. The number of esters is 1. The van der Waals surface area contributed by atoms with Crippen molar-refractivity contribution in [3.8, 4) is 0 Å². The highest BCUT2D eigenvalue weighted by Crippen LogP contribution is 2.26.